The first-order valence-corrected chi connectivity index (χ1v) is 19.6. The second kappa shape index (κ2) is 17.6. The summed E-state index contributed by atoms with van der Waals surface area (Å²) in [4.78, 5) is 65.7. The minimum atomic E-state index is -0.347. The highest BCUT2D eigenvalue weighted by Crippen LogP contribution is 2.37. The zero-order chi connectivity index (χ0) is 41.6. The molecule has 1 fully saturated rings. The third kappa shape index (κ3) is 9.41. The molecule has 7 rings (SSSR count). The van der Waals surface area contributed by atoms with Crippen LogP contribution in [0.1, 0.15) is 70.4 Å². The number of anilines is 5. The lowest BCUT2D eigenvalue weighted by Gasteiger charge is -2.34. The van der Waals surface area contributed by atoms with Crippen LogP contribution in [0.15, 0.2) is 85.2 Å². The summed E-state index contributed by atoms with van der Waals surface area (Å²) in [5.41, 5.74) is 6.07. The second-order valence-electron chi connectivity index (χ2n) is 14.8. The third-order valence-corrected chi connectivity index (χ3v) is 10.5. The molecule has 0 saturated carbocycles. The van der Waals surface area contributed by atoms with E-state index in [0.717, 1.165) is 36.9 Å². The molecule has 3 aromatic carbocycles. The number of carbonyl (C=O) groups is 5. The number of nitrogens with zero attached hydrogens (tertiary/aromatic N) is 3. The fourth-order valence-corrected chi connectivity index (χ4v) is 7.44. The molecule has 2 aliphatic heterocycles. The van der Waals surface area contributed by atoms with Crippen molar-refractivity contribution < 1.29 is 33.4 Å². The van der Waals surface area contributed by atoms with E-state index in [9.17, 15) is 24.0 Å². The van der Waals surface area contributed by atoms with E-state index in [4.69, 9.17) is 9.47 Å². The summed E-state index contributed by atoms with van der Waals surface area (Å²) < 4.78 is 15.0. The zero-order valence-electron chi connectivity index (χ0n) is 33.5. The predicted octanol–water partition coefficient (Wildman–Crippen LogP) is 6.72. The van der Waals surface area contributed by atoms with E-state index in [0.29, 0.717) is 69.9 Å². The average molecular weight is 801 g/mol. The molecule has 2 aliphatic rings. The number of rotatable bonds is 13. The van der Waals surface area contributed by atoms with Crippen molar-refractivity contribution in [2.45, 2.75) is 45.1 Å². The Hall–Kier alpha value is -7.03. The van der Waals surface area contributed by atoms with Crippen molar-refractivity contribution >= 4 is 58.0 Å². The first-order chi connectivity index (χ1) is 28.4. The third-order valence-electron chi connectivity index (χ3n) is 10.5. The van der Waals surface area contributed by atoms with Gasteiger partial charge in [-0.25, -0.2) is 0 Å². The Bertz CT molecular complexity index is 2380. The predicted molar refractivity (Wildman–Crippen MR) is 226 cm³/mol. The van der Waals surface area contributed by atoms with Crippen LogP contribution in [0.4, 0.5) is 28.4 Å². The number of hydrogen-bond acceptors (Lipinski definition) is 8. The van der Waals surface area contributed by atoms with Crippen molar-refractivity contribution in [1.29, 1.82) is 0 Å². The minimum absolute atomic E-state index is 0.00130. The summed E-state index contributed by atoms with van der Waals surface area (Å²) in [5.74, 6) is -0.0690. The molecule has 5 N–H and O–H groups in total. The van der Waals surface area contributed by atoms with Gasteiger partial charge in [0.1, 0.15) is 11.4 Å². The van der Waals surface area contributed by atoms with Gasteiger partial charge in [0.15, 0.2) is 11.5 Å². The molecule has 0 bridgehead atoms. The maximum absolute atomic E-state index is 13.3. The smallest absolute Gasteiger partial charge is 0.272 e. The van der Waals surface area contributed by atoms with E-state index < -0.39 is 0 Å². The monoisotopic (exact) mass is 800 g/mol. The maximum Gasteiger partial charge on any atom is 0.272 e. The highest BCUT2D eigenvalue weighted by Gasteiger charge is 2.32. The highest BCUT2D eigenvalue weighted by molar-refractivity contribution is 6.06. The number of hydrogen-bond donors (Lipinski definition) is 5. The number of nitrogens with one attached hydrogen (secondary N) is 5. The van der Waals surface area contributed by atoms with Gasteiger partial charge in [0.2, 0.25) is 11.8 Å². The van der Waals surface area contributed by atoms with Crippen LogP contribution in [0.2, 0.25) is 0 Å². The summed E-state index contributed by atoms with van der Waals surface area (Å²) in [6, 6.07) is 21.3. The van der Waals surface area contributed by atoms with E-state index in [1.54, 1.807) is 90.1 Å². The average Bonchev–Trinajstić information content (AvgIpc) is 3.76. The molecule has 0 aliphatic carbocycles. The van der Waals surface area contributed by atoms with Crippen LogP contribution >= 0.6 is 0 Å². The van der Waals surface area contributed by atoms with Gasteiger partial charge in [-0.2, -0.15) is 0 Å². The lowest BCUT2D eigenvalue weighted by Crippen LogP contribution is -2.45. The zero-order valence-corrected chi connectivity index (χ0v) is 33.5. The van der Waals surface area contributed by atoms with Crippen LogP contribution in [0.25, 0.3) is 11.1 Å². The van der Waals surface area contributed by atoms with Crippen LogP contribution in [-0.2, 0) is 23.7 Å². The molecule has 59 heavy (non-hydrogen) atoms. The molecule has 0 spiro atoms. The van der Waals surface area contributed by atoms with Crippen LogP contribution in [0, 0.1) is 0 Å². The number of methoxy groups -OCH3 is 1. The summed E-state index contributed by atoms with van der Waals surface area (Å²) in [7, 11) is 5.06. The van der Waals surface area contributed by atoms with Gasteiger partial charge in [-0.05, 0) is 85.8 Å². The van der Waals surface area contributed by atoms with Gasteiger partial charge in [-0.15, -0.1) is 0 Å². The number of amides is 5. The SMILES string of the molecule is COc1cc2c(cc1OCCCC(=O)Nc1cc(C(=O)Nc3ccc(-c4cc(C(=O)Nc5ccc(NC(C)=O)cc5)n(C)c4)cc3)n(C)c1)NC[C@@H]1CCCCN1C2=O. The van der Waals surface area contributed by atoms with Crippen LogP contribution in [0.3, 0.4) is 0 Å². The van der Waals surface area contributed by atoms with Crippen LogP contribution < -0.4 is 36.1 Å². The molecule has 15 heteroatoms. The Morgan fingerprint density at radius 2 is 1.39 bits per heavy atom. The standard InChI is InChI=1S/C44H48N8O7/c1-27(53)46-30-14-16-32(17-15-30)49-42(55)37-20-29(25-50(37)2)28-10-12-31(13-11-28)48-43(56)38-21-33(26-51(38)3)47-41(54)9-7-19-59-40-23-36-35(22-39(40)58-4)44(57)52-18-6-5-8-34(52)24-45-36/h10-17,20-23,25-26,34,45H,5-9,18-19,24H2,1-4H3,(H,46,53)(H,47,54)(H,48,56)(H,49,55)/t34-/m0/s1. The van der Waals surface area contributed by atoms with E-state index in [1.165, 1.54) is 14.0 Å². The van der Waals surface area contributed by atoms with Gasteiger partial charge in [-0.3, -0.25) is 24.0 Å². The summed E-state index contributed by atoms with van der Waals surface area (Å²) in [6.45, 7) is 3.12. The van der Waals surface area contributed by atoms with E-state index in [1.807, 2.05) is 23.2 Å². The molecular formula is C44H48N8O7. The lowest BCUT2D eigenvalue weighted by atomic mass is 10.0. The molecule has 1 saturated heterocycles. The van der Waals surface area contributed by atoms with E-state index in [2.05, 4.69) is 26.6 Å². The number of carbonyl (C=O) groups excluding carboxylic acids is 5. The fraction of sp³-hybridized carbons (Fsp3) is 0.295. The van der Waals surface area contributed by atoms with E-state index >= 15 is 0 Å². The summed E-state index contributed by atoms with van der Waals surface area (Å²) in [6.07, 6.45) is 7.25. The topological polar surface area (TPSA) is 177 Å². The normalized spacial score (nSPS) is 14.5. The molecule has 4 heterocycles. The number of benzene rings is 3. The summed E-state index contributed by atoms with van der Waals surface area (Å²) >= 11 is 0. The van der Waals surface area contributed by atoms with Crippen LogP contribution in [-0.4, -0.2) is 76.4 Å². The Balaban J connectivity index is 0.888. The van der Waals surface area contributed by atoms with Gasteiger partial charge in [0.05, 0.1) is 30.7 Å². The number of fused-ring (bicyclic) bond motifs is 2. The van der Waals surface area contributed by atoms with Crippen LogP contribution in [0.5, 0.6) is 11.5 Å². The maximum atomic E-state index is 13.3. The Morgan fingerprint density at radius 1 is 0.746 bits per heavy atom. The molecule has 5 aromatic rings. The van der Waals surface area contributed by atoms with Gasteiger partial charge in [0, 0.05) is 87.7 Å². The second-order valence-corrected chi connectivity index (χ2v) is 14.8. The lowest BCUT2D eigenvalue weighted by molar-refractivity contribution is -0.116. The molecule has 5 amide bonds. The molecule has 15 nitrogen and oxygen atoms in total. The quantitative estimate of drug-likeness (QED) is 0.0816. The number of aromatic nitrogens is 2. The van der Waals surface area contributed by atoms with Gasteiger partial charge in [-0.1, -0.05) is 12.1 Å². The first-order valence-electron chi connectivity index (χ1n) is 19.6. The van der Waals surface area contributed by atoms with Crippen molar-refractivity contribution in [3.8, 4) is 22.6 Å². The molecule has 306 valence electrons. The van der Waals surface area contributed by atoms with Crippen molar-refractivity contribution in [3.63, 3.8) is 0 Å². The van der Waals surface area contributed by atoms with Gasteiger partial charge in [0.25, 0.3) is 17.7 Å². The van der Waals surface area contributed by atoms with Crippen molar-refractivity contribution in [2.24, 2.45) is 14.1 Å². The minimum Gasteiger partial charge on any atom is -0.493 e. The highest BCUT2D eigenvalue weighted by atomic mass is 16.5. The Morgan fingerprint density at radius 3 is 2.07 bits per heavy atom. The number of aryl methyl sites for hydroxylation is 2. The Kier molecular flexibility index (Phi) is 12.0. The van der Waals surface area contributed by atoms with E-state index in [-0.39, 0.29) is 48.6 Å². The summed E-state index contributed by atoms with van der Waals surface area (Å²) in [5, 5.41) is 14.8. The molecule has 1 atom stereocenters. The Labute approximate surface area is 342 Å². The first kappa shape index (κ1) is 40.2. The molecule has 0 unspecified atom stereocenters. The molecular weight excluding hydrogens is 753 g/mol. The van der Waals surface area contributed by atoms with Crippen molar-refractivity contribution in [1.82, 2.24) is 14.0 Å². The molecule has 0 radical (unpaired) electrons. The fourth-order valence-electron chi connectivity index (χ4n) is 7.44. The largest absolute Gasteiger partial charge is 0.493 e. The number of piperidine rings is 1. The van der Waals surface area contributed by atoms with Gasteiger partial charge >= 0.3 is 0 Å². The van der Waals surface area contributed by atoms with Gasteiger partial charge < -0.3 is 50.1 Å². The van der Waals surface area contributed by atoms with Crippen molar-refractivity contribution in [3.05, 3.63) is 102 Å². The molecule has 2 aromatic heterocycles. The van der Waals surface area contributed by atoms with Crippen molar-refractivity contribution in [2.75, 3.05) is 53.4 Å². The number of ether oxygens (including phenoxy) is 2.